The molecule has 2 rings (SSSR count). The molecular weight excluding hydrogens is 332 g/mol. The van der Waals surface area contributed by atoms with Crippen molar-refractivity contribution in [2.75, 3.05) is 0 Å². The Morgan fingerprint density at radius 2 is 2.10 bits per heavy atom. The van der Waals surface area contributed by atoms with Crippen LogP contribution in [0.5, 0.6) is 0 Å². The Morgan fingerprint density at radius 1 is 1.38 bits per heavy atom. The van der Waals surface area contributed by atoms with Crippen LogP contribution in [0.1, 0.15) is 36.8 Å². The van der Waals surface area contributed by atoms with Crippen LogP contribution in [0.4, 0.5) is 0 Å². The van der Waals surface area contributed by atoms with Crippen molar-refractivity contribution in [1.82, 2.24) is 15.1 Å². The first-order valence-corrected chi connectivity index (χ1v) is 7.45. The second-order valence-corrected chi connectivity index (χ2v) is 6.75. The number of amides is 1. The van der Waals surface area contributed by atoms with Crippen LogP contribution < -0.4 is 11.1 Å². The molecule has 3 N–H and O–H groups in total. The van der Waals surface area contributed by atoms with E-state index in [-0.39, 0.29) is 11.2 Å². The molecule has 0 saturated carbocycles. The molecule has 0 aliphatic carbocycles. The molecule has 0 aliphatic rings. The third kappa shape index (κ3) is 4.15. The van der Waals surface area contributed by atoms with Crippen molar-refractivity contribution < 1.29 is 4.79 Å². The minimum atomic E-state index is -0.532. The molecule has 2 aromatic rings. The fourth-order valence-corrected chi connectivity index (χ4v) is 2.41. The molecular formula is C15H19BrN4O. The van der Waals surface area contributed by atoms with Crippen LogP contribution in [-0.4, -0.2) is 21.2 Å². The van der Waals surface area contributed by atoms with E-state index in [2.05, 4.69) is 47.1 Å². The van der Waals surface area contributed by atoms with Gasteiger partial charge in [-0.1, -0.05) is 6.07 Å². The minimum Gasteiger partial charge on any atom is -0.364 e. The van der Waals surface area contributed by atoms with Crippen LogP contribution in [-0.2, 0) is 6.54 Å². The number of primary amides is 1. The molecule has 1 heterocycles. The predicted molar refractivity (Wildman–Crippen MR) is 86.4 cm³/mol. The number of rotatable bonds is 4. The van der Waals surface area contributed by atoms with Gasteiger partial charge in [0.2, 0.25) is 0 Å². The highest BCUT2D eigenvalue weighted by atomic mass is 79.9. The minimum absolute atomic E-state index is 0.0729. The number of aromatic nitrogens is 2. The van der Waals surface area contributed by atoms with Gasteiger partial charge in [-0.15, -0.1) is 0 Å². The van der Waals surface area contributed by atoms with E-state index in [4.69, 9.17) is 5.73 Å². The van der Waals surface area contributed by atoms with Crippen molar-refractivity contribution in [3.63, 3.8) is 0 Å². The molecule has 1 aromatic heterocycles. The SMILES string of the molecule is CC(C)(C)NCc1ccc(-n2ccc(C(N)=O)n2)c(Br)c1. The molecule has 0 unspecified atom stereocenters. The van der Waals surface area contributed by atoms with Gasteiger partial charge in [-0.2, -0.15) is 5.10 Å². The topological polar surface area (TPSA) is 72.9 Å². The zero-order valence-corrected chi connectivity index (χ0v) is 13.9. The van der Waals surface area contributed by atoms with E-state index in [9.17, 15) is 4.79 Å². The summed E-state index contributed by atoms with van der Waals surface area (Å²) in [6, 6.07) is 7.63. The standard InChI is InChI=1S/C15H19BrN4O/c1-15(2,3)18-9-10-4-5-13(11(16)8-10)20-7-6-12(19-20)14(17)21/h4-8,18H,9H2,1-3H3,(H2,17,21). The molecule has 0 saturated heterocycles. The maximum atomic E-state index is 11.1. The highest BCUT2D eigenvalue weighted by Crippen LogP contribution is 2.22. The van der Waals surface area contributed by atoms with Crippen LogP contribution in [0.2, 0.25) is 0 Å². The van der Waals surface area contributed by atoms with Crippen molar-refractivity contribution in [3.05, 3.63) is 46.2 Å². The van der Waals surface area contributed by atoms with Crippen molar-refractivity contribution in [2.24, 2.45) is 5.73 Å². The van der Waals surface area contributed by atoms with Crippen molar-refractivity contribution in [3.8, 4) is 5.69 Å². The number of nitrogens with one attached hydrogen (secondary N) is 1. The molecule has 5 nitrogen and oxygen atoms in total. The highest BCUT2D eigenvalue weighted by molar-refractivity contribution is 9.10. The Morgan fingerprint density at radius 3 is 2.62 bits per heavy atom. The number of carbonyl (C=O) groups excluding carboxylic acids is 1. The first kappa shape index (κ1) is 15.7. The molecule has 21 heavy (non-hydrogen) atoms. The average Bonchev–Trinajstić information content (AvgIpc) is 2.85. The van der Waals surface area contributed by atoms with Gasteiger partial charge in [0, 0.05) is 22.8 Å². The van der Waals surface area contributed by atoms with E-state index >= 15 is 0 Å². The summed E-state index contributed by atoms with van der Waals surface area (Å²) in [5.41, 5.74) is 7.57. The molecule has 1 aromatic carbocycles. The van der Waals surface area contributed by atoms with Crippen LogP contribution in [0.3, 0.4) is 0 Å². The van der Waals surface area contributed by atoms with Gasteiger partial charge in [-0.05, 0) is 60.5 Å². The number of hydrogen-bond donors (Lipinski definition) is 2. The van der Waals surface area contributed by atoms with Crippen LogP contribution in [0, 0.1) is 0 Å². The smallest absolute Gasteiger partial charge is 0.269 e. The molecule has 0 aliphatic heterocycles. The van der Waals surface area contributed by atoms with Crippen molar-refractivity contribution in [1.29, 1.82) is 0 Å². The summed E-state index contributed by atoms with van der Waals surface area (Å²) in [5, 5.41) is 7.59. The number of hydrogen-bond acceptors (Lipinski definition) is 3. The molecule has 1 amide bonds. The molecule has 0 fully saturated rings. The van der Waals surface area contributed by atoms with Crippen LogP contribution in [0.15, 0.2) is 34.9 Å². The fourth-order valence-electron chi connectivity index (χ4n) is 1.80. The lowest BCUT2D eigenvalue weighted by Gasteiger charge is -2.20. The number of nitrogens with two attached hydrogens (primary N) is 1. The summed E-state index contributed by atoms with van der Waals surface area (Å²) in [6.45, 7) is 7.18. The maximum absolute atomic E-state index is 11.1. The van der Waals surface area contributed by atoms with Gasteiger partial charge in [0.15, 0.2) is 0 Å². The third-order valence-electron chi connectivity index (χ3n) is 2.92. The summed E-state index contributed by atoms with van der Waals surface area (Å²) in [6.07, 6.45) is 1.72. The lowest BCUT2D eigenvalue weighted by molar-refractivity contribution is 0.0995. The van der Waals surface area contributed by atoms with Gasteiger partial charge in [0.25, 0.3) is 5.91 Å². The third-order valence-corrected chi connectivity index (χ3v) is 3.56. The van der Waals surface area contributed by atoms with Gasteiger partial charge in [-0.25, -0.2) is 4.68 Å². The van der Waals surface area contributed by atoms with E-state index < -0.39 is 5.91 Å². The van der Waals surface area contributed by atoms with Gasteiger partial charge in [-0.3, -0.25) is 4.79 Å². The second kappa shape index (κ2) is 5.99. The number of carbonyl (C=O) groups is 1. The Kier molecular flexibility index (Phi) is 4.49. The fraction of sp³-hybridized carbons (Fsp3) is 0.333. The van der Waals surface area contributed by atoms with Crippen LogP contribution in [0.25, 0.3) is 5.69 Å². The highest BCUT2D eigenvalue weighted by Gasteiger charge is 2.11. The monoisotopic (exact) mass is 350 g/mol. The molecule has 112 valence electrons. The Bertz CT molecular complexity index is 658. The van der Waals surface area contributed by atoms with Gasteiger partial charge >= 0.3 is 0 Å². The summed E-state index contributed by atoms with van der Waals surface area (Å²) in [5.74, 6) is -0.532. The lowest BCUT2D eigenvalue weighted by atomic mass is 10.1. The van der Waals surface area contributed by atoms with Crippen LogP contribution >= 0.6 is 15.9 Å². The first-order valence-electron chi connectivity index (χ1n) is 6.65. The van der Waals surface area contributed by atoms with E-state index in [0.717, 1.165) is 16.7 Å². The molecule has 0 bridgehead atoms. The largest absolute Gasteiger partial charge is 0.364 e. The summed E-state index contributed by atoms with van der Waals surface area (Å²) >= 11 is 3.55. The maximum Gasteiger partial charge on any atom is 0.269 e. The van der Waals surface area contributed by atoms with E-state index in [1.54, 1.807) is 16.9 Å². The average molecular weight is 351 g/mol. The Labute approximate surface area is 132 Å². The number of halogens is 1. The molecule has 0 atom stereocenters. The van der Waals surface area contributed by atoms with Gasteiger partial charge < -0.3 is 11.1 Å². The summed E-state index contributed by atoms with van der Waals surface area (Å²) in [4.78, 5) is 11.1. The lowest BCUT2D eigenvalue weighted by Crippen LogP contribution is -2.35. The summed E-state index contributed by atoms with van der Waals surface area (Å²) < 4.78 is 2.54. The normalized spacial score (nSPS) is 11.6. The first-order chi connectivity index (χ1) is 9.76. The Hall–Kier alpha value is -1.66. The number of nitrogens with zero attached hydrogens (tertiary/aromatic N) is 2. The predicted octanol–water partition coefficient (Wildman–Crippen LogP) is 2.62. The molecule has 0 radical (unpaired) electrons. The van der Waals surface area contributed by atoms with E-state index in [1.807, 2.05) is 18.2 Å². The van der Waals surface area contributed by atoms with Gasteiger partial charge in [0.05, 0.1) is 5.69 Å². The quantitative estimate of drug-likeness (QED) is 0.889. The zero-order chi connectivity index (χ0) is 15.6. The Balaban J connectivity index is 2.20. The van der Waals surface area contributed by atoms with Gasteiger partial charge in [0.1, 0.15) is 5.69 Å². The zero-order valence-electron chi connectivity index (χ0n) is 12.4. The van der Waals surface area contributed by atoms with Crippen molar-refractivity contribution >= 4 is 21.8 Å². The van der Waals surface area contributed by atoms with E-state index in [0.29, 0.717) is 0 Å². The van der Waals surface area contributed by atoms with Crippen molar-refractivity contribution in [2.45, 2.75) is 32.9 Å². The summed E-state index contributed by atoms with van der Waals surface area (Å²) in [7, 11) is 0. The molecule has 6 heteroatoms. The second-order valence-electron chi connectivity index (χ2n) is 5.90. The molecule has 0 spiro atoms. The number of benzene rings is 1. The van der Waals surface area contributed by atoms with E-state index in [1.165, 1.54) is 5.56 Å².